The third kappa shape index (κ3) is 4.33. The summed E-state index contributed by atoms with van der Waals surface area (Å²) in [5.41, 5.74) is 1.01. The number of hydrogen-bond acceptors (Lipinski definition) is 4. The molecule has 0 heterocycles. The molecule has 0 aromatic rings. The molecule has 4 bridgehead atoms. The van der Waals surface area contributed by atoms with Gasteiger partial charge < -0.3 is 9.47 Å². The number of rotatable bonds is 6. The van der Waals surface area contributed by atoms with E-state index in [4.69, 9.17) is 9.47 Å². The Kier molecular flexibility index (Phi) is 6.61. The lowest BCUT2D eigenvalue weighted by Gasteiger charge is -2.31. The normalized spacial score (nSPS) is 41.6. The largest absolute Gasteiger partial charge is 0.462 e. The Morgan fingerprint density at radius 1 is 0.706 bits per heavy atom. The lowest BCUT2D eigenvalue weighted by Crippen LogP contribution is -2.28. The zero-order valence-corrected chi connectivity index (χ0v) is 20.8. The molecular formula is C30H40O4. The van der Waals surface area contributed by atoms with Crippen LogP contribution in [0.1, 0.15) is 52.4 Å². The van der Waals surface area contributed by atoms with Gasteiger partial charge in [0.1, 0.15) is 0 Å². The molecule has 0 aromatic carbocycles. The van der Waals surface area contributed by atoms with Crippen LogP contribution < -0.4 is 0 Å². The number of ether oxygens (including phenoxy) is 2. The predicted octanol–water partition coefficient (Wildman–Crippen LogP) is 5.91. The van der Waals surface area contributed by atoms with Crippen LogP contribution in [0.3, 0.4) is 0 Å². The highest BCUT2D eigenvalue weighted by atomic mass is 16.5. The van der Waals surface area contributed by atoms with Gasteiger partial charge in [0, 0.05) is 11.1 Å². The average Bonchev–Trinajstić information content (AvgIpc) is 3.63. The van der Waals surface area contributed by atoms with Crippen LogP contribution in [0.4, 0.5) is 0 Å². The minimum Gasteiger partial charge on any atom is -0.462 e. The summed E-state index contributed by atoms with van der Waals surface area (Å²) in [6, 6.07) is 0. The minimum absolute atomic E-state index is 0.228. The van der Waals surface area contributed by atoms with E-state index in [1.165, 1.54) is 38.5 Å². The summed E-state index contributed by atoms with van der Waals surface area (Å²) in [7, 11) is 0. The van der Waals surface area contributed by atoms with Crippen molar-refractivity contribution in [1.82, 2.24) is 0 Å². The van der Waals surface area contributed by atoms with Gasteiger partial charge in [0.25, 0.3) is 0 Å². The van der Waals surface area contributed by atoms with Crippen LogP contribution in [0.5, 0.6) is 0 Å². The Morgan fingerprint density at radius 2 is 1.24 bits per heavy atom. The van der Waals surface area contributed by atoms with E-state index in [1.807, 2.05) is 0 Å². The van der Waals surface area contributed by atoms with Gasteiger partial charge in [0.05, 0.1) is 13.2 Å². The van der Waals surface area contributed by atoms with Crippen molar-refractivity contribution in [3.63, 3.8) is 0 Å². The average molecular weight is 465 g/mol. The Hall–Kier alpha value is -2.10. The fourth-order valence-corrected chi connectivity index (χ4v) is 8.38. The van der Waals surface area contributed by atoms with E-state index in [0.29, 0.717) is 36.2 Å². The number of carbonyl (C=O) groups is 2. The SMILES string of the molecule is C=C(C)C(=O)OCC1CC2CC1C1C=CCC21.C=C(C)C(=O)OCC1CC2CC1C1CC=CC21. The summed E-state index contributed by atoms with van der Waals surface area (Å²) in [5.74, 6) is 7.41. The second-order valence-corrected chi connectivity index (χ2v) is 11.9. The molecular weight excluding hydrogens is 424 g/mol. The molecule has 0 saturated heterocycles. The van der Waals surface area contributed by atoms with Crippen molar-refractivity contribution in [2.45, 2.75) is 52.4 Å². The van der Waals surface area contributed by atoms with Crippen molar-refractivity contribution in [3.8, 4) is 0 Å². The van der Waals surface area contributed by atoms with Gasteiger partial charge in [-0.15, -0.1) is 0 Å². The molecule has 0 aliphatic heterocycles. The number of hydrogen-bond donors (Lipinski definition) is 0. The molecule has 4 heteroatoms. The van der Waals surface area contributed by atoms with Crippen molar-refractivity contribution in [3.05, 3.63) is 48.6 Å². The van der Waals surface area contributed by atoms with E-state index in [9.17, 15) is 9.59 Å². The molecule has 0 amide bonds. The minimum atomic E-state index is -0.230. The highest BCUT2D eigenvalue weighted by Gasteiger charge is 2.53. The van der Waals surface area contributed by atoms with E-state index < -0.39 is 0 Å². The zero-order valence-electron chi connectivity index (χ0n) is 20.8. The van der Waals surface area contributed by atoms with Crippen LogP contribution in [0.25, 0.3) is 0 Å². The number of esters is 2. The maximum atomic E-state index is 11.4. The van der Waals surface area contributed by atoms with Crippen LogP contribution in [0.2, 0.25) is 0 Å². The quantitative estimate of drug-likeness (QED) is 0.279. The van der Waals surface area contributed by atoms with E-state index in [2.05, 4.69) is 37.5 Å². The maximum absolute atomic E-state index is 11.4. The molecule has 0 N–H and O–H groups in total. The third-order valence-corrected chi connectivity index (χ3v) is 9.84. The van der Waals surface area contributed by atoms with Crippen LogP contribution in [0, 0.1) is 59.2 Å². The molecule has 184 valence electrons. The third-order valence-electron chi connectivity index (χ3n) is 9.84. The fraction of sp³-hybridized carbons (Fsp3) is 0.667. The summed E-state index contributed by atoms with van der Waals surface area (Å²) < 4.78 is 10.7. The Bertz CT molecular complexity index is 913. The van der Waals surface area contributed by atoms with Gasteiger partial charge >= 0.3 is 11.9 Å². The molecule has 34 heavy (non-hydrogen) atoms. The molecule has 0 aromatic heterocycles. The lowest BCUT2D eigenvalue weighted by molar-refractivity contribution is -0.142. The first kappa shape index (κ1) is 23.6. The molecule has 6 aliphatic carbocycles. The number of allylic oxidation sites excluding steroid dienone is 4. The van der Waals surface area contributed by atoms with Crippen LogP contribution >= 0.6 is 0 Å². The van der Waals surface area contributed by atoms with Gasteiger partial charge in [0.2, 0.25) is 0 Å². The summed E-state index contributed by atoms with van der Waals surface area (Å²) >= 11 is 0. The van der Waals surface area contributed by atoms with E-state index in [0.717, 1.165) is 47.3 Å². The summed E-state index contributed by atoms with van der Waals surface area (Å²) in [6.45, 7) is 11.9. The van der Waals surface area contributed by atoms with Crippen molar-refractivity contribution >= 4 is 11.9 Å². The van der Waals surface area contributed by atoms with Crippen LogP contribution in [-0.2, 0) is 19.1 Å². The summed E-state index contributed by atoms with van der Waals surface area (Å²) in [6.07, 6.45) is 17.3. The lowest BCUT2D eigenvalue weighted by atomic mass is 9.76. The summed E-state index contributed by atoms with van der Waals surface area (Å²) in [5, 5.41) is 0. The van der Waals surface area contributed by atoms with Gasteiger partial charge in [-0.05, 0) is 112 Å². The van der Waals surface area contributed by atoms with Crippen molar-refractivity contribution < 1.29 is 19.1 Å². The molecule has 6 rings (SSSR count). The molecule has 10 atom stereocenters. The molecule has 0 radical (unpaired) electrons. The Morgan fingerprint density at radius 3 is 1.88 bits per heavy atom. The molecule has 6 aliphatic rings. The molecule has 4 saturated carbocycles. The van der Waals surface area contributed by atoms with Crippen LogP contribution in [0.15, 0.2) is 48.6 Å². The van der Waals surface area contributed by atoms with E-state index in [1.54, 1.807) is 13.8 Å². The van der Waals surface area contributed by atoms with Crippen molar-refractivity contribution in [1.29, 1.82) is 0 Å². The first-order valence-electron chi connectivity index (χ1n) is 13.3. The summed E-state index contributed by atoms with van der Waals surface area (Å²) in [4.78, 5) is 22.8. The van der Waals surface area contributed by atoms with Crippen molar-refractivity contribution in [2.24, 2.45) is 59.2 Å². The fourth-order valence-electron chi connectivity index (χ4n) is 8.38. The van der Waals surface area contributed by atoms with Gasteiger partial charge in [-0.1, -0.05) is 37.5 Å². The second-order valence-electron chi connectivity index (χ2n) is 11.9. The number of fused-ring (bicyclic) bond motifs is 10. The highest BCUT2D eigenvalue weighted by Crippen LogP contribution is 2.59. The van der Waals surface area contributed by atoms with Crippen LogP contribution in [-0.4, -0.2) is 25.2 Å². The predicted molar refractivity (Wildman–Crippen MR) is 132 cm³/mol. The van der Waals surface area contributed by atoms with Crippen molar-refractivity contribution in [2.75, 3.05) is 13.2 Å². The van der Waals surface area contributed by atoms with E-state index in [-0.39, 0.29) is 11.9 Å². The zero-order chi connectivity index (χ0) is 24.0. The van der Waals surface area contributed by atoms with Gasteiger partial charge in [-0.25, -0.2) is 9.59 Å². The van der Waals surface area contributed by atoms with Gasteiger partial charge in [0.15, 0.2) is 0 Å². The Balaban J connectivity index is 0.000000142. The van der Waals surface area contributed by atoms with E-state index >= 15 is 0 Å². The first-order chi connectivity index (χ1) is 16.3. The molecule has 4 nitrogen and oxygen atoms in total. The van der Waals surface area contributed by atoms with Gasteiger partial charge in [-0.2, -0.15) is 0 Å². The first-order valence-corrected chi connectivity index (χ1v) is 13.3. The standard InChI is InChI=1S/2C15H20O2/c2*1-9(2)15(16)17-8-11-6-10-7-14(11)13-5-3-4-12(10)13/h3,5,10-14H,1,4,6-8H2,2H3;3-4,10-14H,1,5-8H2,2H3. The highest BCUT2D eigenvalue weighted by molar-refractivity contribution is 5.87. The monoisotopic (exact) mass is 464 g/mol. The molecule has 10 unspecified atom stereocenters. The number of carbonyl (C=O) groups excluding carboxylic acids is 2. The maximum Gasteiger partial charge on any atom is 0.333 e. The Labute approximate surface area is 204 Å². The second kappa shape index (κ2) is 9.51. The molecule has 0 spiro atoms. The topological polar surface area (TPSA) is 52.6 Å². The molecule has 4 fully saturated rings. The smallest absolute Gasteiger partial charge is 0.333 e. The van der Waals surface area contributed by atoms with Gasteiger partial charge in [-0.3, -0.25) is 0 Å².